The van der Waals surface area contributed by atoms with Gasteiger partial charge in [-0.3, -0.25) is 9.59 Å². The highest BCUT2D eigenvalue weighted by molar-refractivity contribution is 6.31. The number of halogens is 1. The number of carbonyl (C=O) groups excluding carboxylic acids is 1. The Morgan fingerprint density at radius 1 is 1.56 bits per heavy atom. The molecular weight excluding hydrogens is 232 g/mol. The molecule has 0 aliphatic heterocycles. The number of carboxylic acids is 1. The number of nitrogens with one attached hydrogen (secondary N) is 1. The van der Waals surface area contributed by atoms with E-state index in [1.54, 1.807) is 16.8 Å². The summed E-state index contributed by atoms with van der Waals surface area (Å²) in [5, 5.41) is 11.3. The van der Waals surface area contributed by atoms with Gasteiger partial charge in [0, 0.05) is 12.2 Å². The summed E-state index contributed by atoms with van der Waals surface area (Å²) in [6, 6.07) is 1.88. The molecule has 1 aromatic rings. The molecule has 1 saturated carbocycles. The highest BCUT2D eigenvalue weighted by Crippen LogP contribution is 2.37. The summed E-state index contributed by atoms with van der Waals surface area (Å²) in [6.45, 7) is -0.383. The second-order valence-corrected chi connectivity index (χ2v) is 4.19. The van der Waals surface area contributed by atoms with Crippen LogP contribution in [-0.4, -0.2) is 28.1 Å². The van der Waals surface area contributed by atoms with Crippen molar-refractivity contribution in [3.63, 3.8) is 0 Å². The number of carboxylic acid groups (broad SMARTS) is 1. The molecule has 1 fully saturated rings. The van der Waals surface area contributed by atoms with E-state index < -0.39 is 11.9 Å². The Morgan fingerprint density at radius 2 is 2.25 bits per heavy atom. The van der Waals surface area contributed by atoms with Crippen LogP contribution in [0.3, 0.4) is 0 Å². The van der Waals surface area contributed by atoms with Gasteiger partial charge in [0.05, 0.1) is 5.02 Å². The van der Waals surface area contributed by atoms with E-state index in [-0.39, 0.29) is 6.54 Å². The van der Waals surface area contributed by atoms with Crippen LogP contribution in [0.5, 0.6) is 0 Å². The maximum atomic E-state index is 11.7. The van der Waals surface area contributed by atoms with Crippen molar-refractivity contribution in [3.05, 3.63) is 23.0 Å². The second-order valence-electron chi connectivity index (χ2n) is 3.76. The van der Waals surface area contributed by atoms with Crippen LogP contribution in [0.2, 0.25) is 5.02 Å². The third-order valence-electron chi connectivity index (χ3n) is 2.39. The lowest BCUT2D eigenvalue weighted by molar-refractivity contribution is -0.135. The monoisotopic (exact) mass is 242 g/mol. The van der Waals surface area contributed by atoms with Crippen LogP contribution in [0.1, 0.15) is 29.4 Å². The molecule has 2 rings (SSSR count). The van der Waals surface area contributed by atoms with Crippen LogP contribution >= 0.6 is 11.6 Å². The summed E-state index contributed by atoms with van der Waals surface area (Å²) in [5.41, 5.74) is 0.425. The number of amides is 1. The molecule has 1 aliphatic carbocycles. The first-order valence-electron chi connectivity index (χ1n) is 4.95. The van der Waals surface area contributed by atoms with Gasteiger partial charge in [-0.15, -0.1) is 0 Å². The first-order valence-corrected chi connectivity index (χ1v) is 5.33. The molecule has 0 saturated heterocycles. The van der Waals surface area contributed by atoms with Gasteiger partial charge in [-0.05, 0) is 18.9 Å². The molecule has 2 N–H and O–H groups in total. The fourth-order valence-electron chi connectivity index (χ4n) is 1.53. The topological polar surface area (TPSA) is 71.3 Å². The molecule has 6 heteroatoms. The fourth-order valence-corrected chi connectivity index (χ4v) is 1.74. The van der Waals surface area contributed by atoms with Gasteiger partial charge in [0.1, 0.15) is 12.2 Å². The molecule has 0 atom stereocenters. The minimum atomic E-state index is -1.07. The highest BCUT2D eigenvalue weighted by Gasteiger charge is 2.27. The molecule has 1 heterocycles. The first kappa shape index (κ1) is 11.0. The van der Waals surface area contributed by atoms with Gasteiger partial charge >= 0.3 is 5.97 Å². The van der Waals surface area contributed by atoms with Crippen LogP contribution < -0.4 is 5.32 Å². The number of nitrogens with zero attached hydrogens (tertiary/aromatic N) is 1. The lowest BCUT2D eigenvalue weighted by atomic mass is 10.4. The van der Waals surface area contributed by atoms with E-state index in [2.05, 4.69) is 5.32 Å². The Kier molecular flexibility index (Phi) is 2.87. The lowest BCUT2D eigenvalue weighted by Gasteiger charge is -2.06. The average Bonchev–Trinajstić information content (AvgIpc) is 2.98. The minimum Gasteiger partial charge on any atom is -0.480 e. The van der Waals surface area contributed by atoms with Crippen LogP contribution in [0.15, 0.2) is 12.3 Å². The smallest absolute Gasteiger partial charge is 0.322 e. The zero-order chi connectivity index (χ0) is 11.7. The minimum absolute atomic E-state index is 0.332. The predicted molar refractivity (Wildman–Crippen MR) is 57.7 cm³/mol. The summed E-state index contributed by atoms with van der Waals surface area (Å²) in [5.74, 6) is -1.47. The summed E-state index contributed by atoms with van der Waals surface area (Å²) in [6.07, 6.45) is 3.77. The Morgan fingerprint density at radius 3 is 2.81 bits per heavy atom. The third-order valence-corrected chi connectivity index (χ3v) is 2.59. The first-order chi connectivity index (χ1) is 7.58. The van der Waals surface area contributed by atoms with Crippen molar-refractivity contribution in [3.8, 4) is 0 Å². The van der Waals surface area contributed by atoms with Crippen LogP contribution in [-0.2, 0) is 4.79 Å². The fraction of sp³-hybridized carbons (Fsp3) is 0.400. The zero-order valence-corrected chi connectivity index (χ0v) is 9.20. The molecule has 0 aromatic carbocycles. The summed E-state index contributed by atoms with van der Waals surface area (Å²) < 4.78 is 1.81. The van der Waals surface area contributed by atoms with Crippen molar-refractivity contribution in [2.45, 2.75) is 18.9 Å². The van der Waals surface area contributed by atoms with E-state index in [0.717, 1.165) is 12.8 Å². The van der Waals surface area contributed by atoms with E-state index in [1.165, 1.54) is 0 Å². The lowest BCUT2D eigenvalue weighted by Crippen LogP contribution is -2.30. The molecular formula is C10H11ClN2O3. The Labute approximate surface area is 97.0 Å². The van der Waals surface area contributed by atoms with Gasteiger partial charge in [0.2, 0.25) is 0 Å². The van der Waals surface area contributed by atoms with E-state index in [9.17, 15) is 9.59 Å². The number of hydrogen-bond donors (Lipinski definition) is 2. The van der Waals surface area contributed by atoms with E-state index in [0.29, 0.717) is 16.8 Å². The average molecular weight is 243 g/mol. The van der Waals surface area contributed by atoms with Gasteiger partial charge in [-0.2, -0.15) is 0 Å². The number of rotatable bonds is 4. The molecule has 1 aliphatic rings. The van der Waals surface area contributed by atoms with Crippen molar-refractivity contribution >= 4 is 23.5 Å². The molecule has 1 amide bonds. The van der Waals surface area contributed by atoms with Gasteiger partial charge in [-0.1, -0.05) is 11.6 Å². The normalized spacial score (nSPS) is 14.8. The number of aromatic nitrogens is 1. The van der Waals surface area contributed by atoms with Crippen molar-refractivity contribution in [2.75, 3.05) is 6.54 Å². The molecule has 0 unspecified atom stereocenters. The van der Waals surface area contributed by atoms with Gasteiger partial charge in [-0.25, -0.2) is 0 Å². The molecule has 16 heavy (non-hydrogen) atoms. The Hall–Kier alpha value is -1.49. The van der Waals surface area contributed by atoms with Crippen LogP contribution in [0.25, 0.3) is 0 Å². The predicted octanol–water partition coefficient (Wildman–Crippen LogP) is 1.29. The summed E-state index contributed by atoms with van der Waals surface area (Å²) >= 11 is 5.83. The molecule has 0 radical (unpaired) electrons. The van der Waals surface area contributed by atoms with Gasteiger partial charge in [0.25, 0.3) is 5.91 Å². The molecule has 0 spiro atoms. The number of hydrogen-bond acceptors (Lipinski definition) is 2. The second kappa shape index (κ2) is 4.17. The standard InChI is InChI=1S/C10H11ClN2O3/c11-6-3-8(10(16)12-4-9(14)15)13(5-6)7-1-2-7/h3,5,7H,1-2,4H2,(H,12,16)(H,14,15). The van der Waals surface area contributed by atoms with Gasteiger partial charge in [0.15, 0.2) is 0 Å². The zero-order valence-electron chi connectivity index (χ0n) is 8.44. The van der Waals surface area contributed by atoms with Crippen molar-refractivity contribution < 1.29 is 14.7 Å². The molecule has 0 bridgehead atoms. The Balaban J connectivity index is 2.12. The summed E-state index contributed by atoms with van der Waals surface area (Å²) in [7, 11) is 0. The highest BCUT2D eigenvalue weighted by atomic mass is 35.5. The van der Waals surface area contributed by atoms with Gasteiger partial charge < -0.3 is 15.0 Å². The number of carbonyl (C=O) groups is 2. The third kappa shape index (κ3) is 2.36. The Bertz CT molecular complexity index is 437. The summed E-state index contributed by atoms with van der Waals surface area (Å²) in [4.78, 5) is 22.0. The van der Waals surface area contributed by atoms with Crippen LogP contribution in [0, 0.1) is 0 Å². The molecule has 86 valence electrons. The quantitative estimate of drug-likeness (QED) is 0.836. The SMILES string of the molecule is O=C(O)CNC(=O)c1cc(Cl)cn1C1CC1. The van der Waals surface area contributed by atoms with Crippen molar-refractivity contribution in [1.82, 2.24) is 9.88 Å². The maximum Gasteiger partial charge on any atom is 0.322 e. The van der Waals surface area contributed by atoms with E-state index in [4.69, 9.17) is 16.7 Å². The van der Waals surface area contributed by atoms with E-state index >= 15 is 0 Å². The van der Waals surface area contributed by atoms with Crippen molar-refractivity contribution in [2.24, 2.45) is 0 Å². The molecule has 1 aromatic heterocycles. The molecule has 5 nitrogen and oxygen atoms in total. The van der Waals surface area contributed by atoms with E-state index in [1.807, 2.05) is 0 Å². The van der Waals surface area contributed by atoms with Crippen LogP contribution in [0.4, 0.5) is 0 Å². The van der Waals surface area contributed by atoms with Crippen molar-refractivity contribution in [1.29, 1.82) is 0 Å². The largest absolute Gasteiger partial charge is 0.480 e. The number of aliphatic carboxylic acids is 1. The maximum absolute atomic E-state index is 11.7.